The number of hydrogen-bond donors (Lipinski definition) is 1. The standard InChI is InChI=1S/C15H24N2O/c1-10(2)18-13-7-12(8-17-9-13)15(16)14-6-4-5-11(14)3/h7-11,14-15H,4-6,16H2,1-3H3. The summed E-state index contributed by atoms with van der Waals surface area (Å²) in [6, 6.07) is 2.13. The molecule has 0 spiro atoms. The first-order chi connectivity index (χ1) is 8.58. The summed E-state index contributed by atoms with van der Waals surface area (Å²) >= 11 is 0. The van der Waals surface area contributed by atoms with Crippen LogP contribution in [0.5, 0.6) is 5.75 Å². The van der Waals surface area contributed by atoms with Crippen molar-refractivity contribution in [3.8, 4) is 5.75 Å². The van der Waals surface area contributed by atoms with E-state index < -0.39 is 0 Å². The first kappa shape index (κ1) is 13.3. The van der Waals surface area contributed by atoms with Crippen molar-refractivity contribution in [2.75, 3.05) is 0 Å². The normalized spacial score (nSPS) is 25.4. The van der Waals surface area contributed by atoms with Crippen molar-refractivity contribution >= 4 is 0 Å². The Kier molecular flexibility index (Phi) is 4.23. The largest absolute Gasteiger partial charge is 0.489 e. The topological polar surface area (TPSA) is 48.1 Å². The molecule has 2 N–H and O–H groups in total. The van der Waals surface area contributed by atoms with E-state index in [9.17, 15) is 0 Å². The van der Waals surface area contributed by atoms with Crippen LogP contribution in [0.3, 0.4) is 0 Å². The molecule has 18 heavy (non-hydrogen) atoms. The van der Waals surface area contributed by atoms with Gasteiger partial charge in [-0.05, 0) is 43.7 Å². The lowest BCUT2D eigenvalue weighted by Gasteiger charge is -2.23. The van der Waals surface area contributed by atoms with Crippen LogP contribution in [0.1, 0.15) is 51.6 Å². The van der Waals surface area contributed by atoms with Crippen LogP contribution in [0.15, 0.2) is 18.5 Å². The molecule has 3 heteroatoms. The molecule has 1 heterocycles. The SMILES string of the molecule is CC(C)Oc1cncc(C(N)C2CCCC2C)c1. The lowest BCUT2D eigenvalue weighted by atomic mass is 9.87. The average molecular weight is 248 g/mol. The molecule has 0 aromatic carbocycles. The van der Waals surface area contributed by atoms with Gasteiger partial charge in [-0.2, -0.15) is 0 Å². The van der Waals surface area contributed by atoms with Gasteiger partial charge in [0.25, 0.3) is 0 Å². The summed E-state index contributed by atoms with van der Waals surface area (Å²) in [7, 11) is 0. The summed E-state index contributed by atoms with van der Waals surface area (Å²) in [6.45, 7) is 6.34. The second kappa shape index (κ2) is 5.70. The number of ether oxygens (including phenoxy) is 1. The minimum atomic E-state index is 0.0886. The molecule has 100 valence electrons. The zero-order valence-corrected chi connectivity index (χ0v) is 11.6. The van der Waals surface area contributed by atoms with Gasteiger partial charge in [-0.1, -0.05) is 19.8 Å². The Labute approximate surface area is 110 Å². The van der Waals surface area contributed by atoms with Gasteiger partial charge in [0, 0.05) is 12.2 Å². The highest BCUT2D eigenvalue weighted by atomic mass is 16.5. The van der Waals surface area contributed by atoms with Crippen molar-refractivity contribution in [2.24, 2.45) is 17.6 Å². The van der Waals surface area contributed by atoms with E-state index in [-0.39, 0.29) is 12.1 Å². The third-order valence-electron chi connectivity index (χ3n) is 3.88. The van der Waals surface area contributed by atoms with E-state index in [1.165, 1.54) is 19.3 Å². The summed E-state index contributed by atoms with van der Waals surface area (Å²) in [6.07, 6.45) is 7.64. The number of hydrogen-bond acceptors (Lipinski definition) is 3. The molecule has 0 radical (unpaired) electrons. The van der Waals surface area contributed by atoms with Gasteiger partial charge in [-0.25, -0.2) is 0 Å². The van der Waals surface area contributed by atoms with Gasteiger partial charge >= 0.3 is 0 Å². The molecule has 3 unspecified atom stereocenters. The van der Waals surface area contributed by atoms with E-state index in [1.807, 2.05) is 26.1 Å². The minimum absolute atomic E-state index is 0.0886. The van der Waals surface area contributed by atoms with E-state index >= 15 is 0 Å². The van der Waals surface area contributed by atoms with Gasteiger partial charge in [0.05, 0.1) is 12.3 Å². The van der Waals surface area contributed by atoms with Crippen LogP contribution in [0.4, 0.5) is 0 Å². The molecule has 1 fully saturated rings. The highest BCUT2D eigenvalue weighted by Gasteiger charge is 2.29. The van der Waals surface area contributed by atoms with Crippen LogP contribution in [0.25, 0.3) is 0 Å². The molecular formula is C15H24N2O. The van der Waals surface area contributed by atoms with E-state index in [2.05, 4.69) is 11.9 Å². The van der Waals surface area contributed by atoms with E-state index in [0.717, 1.165) is 17.2 Å². The van der Waals surface area contributed by atoms with Crippen molar-refractivity contribution in [2.45, 2.75) is 52.2 Å². The number of nitrogens with two attached hydrogens (primary N) is 1. The molecule has 1 aliphatic carbocycles. The predicted octanol–water partition coefficient (Wildman–Crippen LogP) is 3.30. The van der Waals surface area contributed by atoms with Crippen LogP contribution in [0.2, 0.25) is 0 Å². The fourth-order valence-corrected chi connectivity index (χ4v) is 2.91. The molecule has 3 atom stereocenters. The molecule has 3 nitrogen and oxygen atoms in total. The number of pyridine rings is 1. The zero-order valence-electron chi connectivity index (χ0n) is 11.6. The lowest BCUT2D eigenvalue weighted by Crippen LogP contribution is -2.23. The Balaban J connectivity index is 2.12. The Hall–Kier alpha value is -1.09. The maximum atomic E-state index is 6.39. The van der Waals surface area contributed by atoms with Crippen LogP contribution in [-0.4, -0.2) is 11.1 Å². The Morgan fingerprint density at radius 3 is 2.72 bits per heavy atom. The maximum Gasteiger partial charge on any atom is 0.138 e. The third-order valence-corrected chi connectivity index (χ3v) is 3.88. The van der Waals surface area contributed by atoms with Crippen LogP contribution >= 0.6 is 0 Å². The monoisotopic (exact) mass is 248 g/mol. The molecule has 0 saturated heterocycles. The van der Waals surface area contributed by atoms with Gasteiger partial charge < -0.3 is 10.5 Å². The second-order valence-electron chi connectivity index (χ2n) is 5.72. The first-order valence-corrected chi connectivity index (χ1v) is 6.95. The first-order valence-electron chi connectivity index (χ1n) is 6.95. The minimum Gasteiger partial charge on any atom is -0.489 e. The summed E-state index contributed by atoms with van der Waals surface area (Å²) in [5.74, 6) is 2.12. The van der Waals surface area contributed by atoms with Crippen molar-refractivity contribution in [1.29, 1.82) is 0 Å². The highest BCUT2D eigenvalue weighted by Crippen LogP contribution is 2.39. The molecular weight excluding hydrogens is 224 g/mol. The smallest absolute Gasteiger partial charge is 0.138 e. The quantitative estimate of drug-likeness (QED) is 0.889. The van der Waals surface area contributed by atoms with Crippen molar-refractivity contribution in [1.82, 2.24) is 4.98 Å². The summed E-state index contributed by atoms with van der Waals surface area (Å²) in [5, 5.41) is 0. The predicted molar refractivity (Wildman–Crippen MR) is 73.4 cm³/mol. The Morgan fingerprint density at radius 1 is 1.33 bits per heavy atom. The summed E-state index contributed by atoms with van der Waals surface area (Å²) in [4.78, 5) is 4.25. The summed E-state index contributed by atoms with van der Waals surface area (Å²) in [5.41, 5.74) is 7.50. The number of nitrogens with zero attached hydrogens (tertiary/aromatic N) is 1. The molecule has 2 rings (SSSR count). The van der Waals surface area contributed by atoms with E-state index in [1.54, 1.807) is 6.20 Å². The van der Waals surface area contributed by atoms with Crippen LogP contribution < -0.4 is 10.5 Å². The van der Waals surface area contributed by atoms with Gasteiger partial charge in [-0.15, -0.1) is 0 Å². The third kappa shape index (κ3) is 3.02. The lowest BCUT2D eigenvalue weighted by molar-refractivity contribution is 0.240. The molecule has 1 saturated carbocycles. The van der Waals surface area contributed by atoms with Crippen LogP contribution in [-0.2, 0) is 0 Å². The fraction of sp³-hybridized carbons (Fsp3) is 0.667. The van der Waals surface area contributed by atoms with Gasteiger partial charge in [0.2, 0.25) is 0 Å². The van der Waals surface area contributed by atoms with E-state index in [0.29, 0.717) is 5.92 Å². The van der Waals surface area contributed by atoms with Gasteiger partial charge in [-0.3, -0.25) is 4.98 Å². The number of aromatic nitrogens is 1. The molecule has 1 aromatic rings. The molecule has 1 aliphatic rings. The average Bonchev–Trinajstić information content (AvgIpc) is 2.74. The Bertz CT molecular complexity index is 392. The maximum absolute atomic E-state index is 6.39. The van der Waals surface area contributed by atoms with Gasteiger partial charge in [0.15, 0.2) is 0 Å². The fourth-order valence-electron chi connectivity index (χ4n) is 2.91. The number of rotatable bonds is 4. The molecule has 1 aromatic heterocycles. The second-order valence-corrected chi connectivity index (χ2v) is 5.72. The Morgan fingerprint density at radius 2 is 2.11 bits per heavy atom. The summed E-state index contributed by atoms with van der Waals surface area (Å²) < 4.78 is 5.68. The molecule has 0 amide bonds. The van der Waals surface area contributed by atoms with Crippen LogP contribution in [0, 0.1) is 11.8 Å². The van der Waals surface area contributed by atoms with E-state index in [4.69, 9.17) is 10.5 Å². The van der Waals surface area contributed by atoms with Crippen molar-refractivity contribution < 1.29 is 4.74 Å². The molecule has 0 aliphatic heterocycles. The highest BCUT2D eigenvalue weighted by molar-refractivity contribution is 5.26. The zero-order chi connectivity index (χ0) is 13.1. The molecule has 0 bridgehead atoms. The van der Waals surface area contributed by atoms with Crippen molar-refractivity contribution in [3.05, 3.63) is 24.0 Å². The van der Waals surface area contributed by atoms with Crippen molar-refractivity contribution in [3.63, 3.8) is 0 Å². The van der Waals surface area contributed by atoms with Gasteiger partial charge in [0.1, 0.15) is 5.75 Å².